The number of pyridine rings is 1. The van der Waals surface area contributed by atoms with Crippen LogP contribution in [0.15, 0.2) is 36.4 Å². The first-order valence-corrected chi connectivity index (χ1v) is 8.99. The van der Waals surface area contributed by atoms with E-state index < -0.39 is 0 Å². The van der Waals surface area contributed by atoms with Gasteiger partial charge in [0.25, 0.3) is 0 Å². The molecular weight excluding hydrogens is 322 g/mol. The van der Waals surface area contributed by atoms with Crippen molar-refractivity contribution in [3.05, 3.63) is 64.5 Å². The van der Waals surface area contributed by atoms with Gasteiger partial charge < -0.3 is 5.32 Å². The van der Waals surface area contributed by atoms with Crippen LogP contribution in [0.2, 0.25) is 0 Å². The number of anilines is 2. The second-order valence-electron chi connectivity index (χ2n) is 6.76. The lowest BCUT2D eigenvalue weighted by molar-refractivity contribution is 0.666. The van der Waals surface area contributed by atoms with E-state index >= 15 is 0 Å². The van der Waals surface area contributed by atoms with E-state index in [0.29, 0.717) is 11.4 Å². The first-order chi connectivity index (χ1) is 12.7. The lowest BCUT2D eigenvalue weighted by atomic mass is 9.89. The van der Waals surface area contributed by atoms with Gasteiger partial charge in [0.05, 0.1) is 11.3 Å². The summed E-state index contributed by atoms with van der Waals surface area (Å²) >= 11 is 0. The molecule has 5 heteroatoms. The van der Waals surface area contributed by atoms with E-state index in [0.717, 1.165) is 59.7 Å². The Kier molecular flexibility index (Phi) is 4.18. The number of benzene rings is 1. The van der Waals surface area contributed by atoms with Gasteiger partial charge >= 0.3 is 0 Å². The number of nitrogens with one attached hydrogen (secondary N) is 1. The fourth-order valence-electron chi connectivity index (χ4n) is 3.69. The monoisotopic (exact) mass is 343 g/mol. The van der Waals surface area contributed by atoms with Crippen LogP contribution >= 0.6 is 0 Å². The van der Waals surface area contributed by atoms with Crippen LogP contribution in [-0.2, 0) is 12.8 Å². The molecule has 0 fully saturated rings. The lowest BCUT2D eigenvalue weighted by Gasteiger charge is -2.22. The Hall–Kier alpha value is -3.13. The highest BCUT2D eigenvalue weighted by atomic mass is 15.3. The van der Waals surface area contributed by atoms with Gasteiger partial charge in [-0.25, -0.2) is 9.67 Å². The molecule has 0 saturated carbocycles. The van der Waals surface area contributed by atoms with Crippen molar-refractivity contribution in [1.82, 2.24) is 14.8 Å². The minimum atomic E-state index is 0.613. The predicted molar refractivity (Wildman–Crippen MR) is 102 cm³/mol. The van der Waals surface area contributed by atoms with Gasteiger partial charge in [0.2, 0.25) is 0 Å². The van der Waals surface area contributed by atoms with Crippen LogP contribution in [0.3, 0.4) is 0 Å². The van der Waals surface area contributed by atoms with Crippen LogP contribution in [0.1, 0.15) is 40.9 Å². The first kappa shape index (κ1) is 16.3. The fourth-order valence-corrected chi connectivity index (χ4v) is 3.69. The molecule has 0 amide bonds. The van der Waals surface area contributed by atoms with Crippen LogP contribution in [0.4, 0.5) is 11.5 Å². The Labute approximate surface area is 153 Å². The topological polar surface area (TPSA) is 66.5 Å². The first-order valence-electron chi connectivity index (χ1n) is 8.99. The Morgan fingerprint density at radius 3 is 2.46 bits per heavy atom. The quantitative estimate of drug-likeness (QED) is 0.766. The molecule has 1 aliphatic carbocycles. The maximum absolute atomic E-state index is 9.82. The van der Waals surface area contributed by atoms with Crippen LogP contribution in [0.5, 0.6) is 0 Å². The van der Waals surface area contributed by atoms with E-state index in [-0.39, 0.29) is 0 Å². The summed E-state index contributed by atoms with van der Waals surface area (Å²) in [6, 6.07) is 14.3. The van der Waals surface area contributed by atoms with Gasteiger partial charge in [-0.2, -0.15) is 10.4 Å². The zero-order valence-corrected chi connectivity index (χ0v) is 15.1. The third-order valence-electron chi connectivity index (χ3n) is 4.85. The molecule has 1 aliphatic rings. The molecule has 0 radical (unpaired) electrons. The largest absolute Gasteiger partial charge is 0.339 e. The highest BCUT2D eigenvalue weighted by molar-refractivity contribution is 5.68. The molecule has 1 N–H and O–H groups in total. The number of aromatic nitrogens is 3. The molecule has 130 valence electrons. The standard InChI is InChI=1S/C21H21N5/c1-14-12-15(2)26(25-14)21-18-11-7-6-10-17(18)19(13-22)20(24-21)23-16-8-4-3-5-9-16/h3-5,8-9,12H,6-7,10-11H2,1-2H3,(H,23,24). The number of rotatable bonds is 3. The van der Waals surface area contributed by atoms with Crippen LogP contribution in [-0.4, -0.2) is 14.8 Å². The normalized spacial score (nSPS) is 13.1. The van der Waals surface area contributed by atoms with Crippen molar-refractivity contribution < 1.29 is 0 Å². The summed E-state index contributed by atoms with van der Waals surface area (Å²) in [5, 5.41) is 17.8. The van der Waals surface area contributed by atoms with E-state index in [1.54, 1.807) is 0 Å². The van der Waals surface area contributed by atoms with E-state index in [2.05, 4.69) is 22.6 Å². The molecule has 0 bridgehead atoms. The zero-order chi connectivity index (χ0) is 18.1. The maximum Gasteiger partial charge on any atom is 0.159 e. The third-order valence-corrected chi connectivity index (χ3v) is 4.85. The highest BCUT2D eigenvalue weighted by Crippen LogP contribution is 2.33. The van der Waals surface area contributed by atoms with Crippen molar-refractivity contribution in [2.45, 2.75) is 39.5 Å². The smallest absolute Gasteiger partial charge is 0.159 e. The van der Waals surface area contributed by atoms with Crippen molar-refractivity contribution in [3.8, 4) is 11.9 Å². The fraction of sp³-hybridized carbons (Fsp3) is 0.286. The van der Waals surface area contributed by atoms with Gasteiger partial charge in [-0.15, -0.1) is 0 Å². The molecule has 2 aromatic heterocycles. The number of fused-ring (bicyclic) bond motifs is 1. The predicted octanol–water partition coefficient (Wildman–Crippen LogP) is 4.38. The van der Waals surface area contributed by atoms with E-state index in [1.165, 1.54) is 0 Å². The molecule has 3 aromatic rings. The van der Waals surface area contributed by atoms with Gasteiger partial charge in [-0.05, 0) is 63.3 Å². The van der Waals surface area contributed by atoms with Crippen LogP contribution in [0, 0.1) is 25.2 Å². The maximum atomic E-state index is 9.82. The Morgan fingerprint density at radius 1 is 1.08 bits per heavy atom. The van der Waals surface area contributed by atoms with Gasteiger partial charge in [0.1, 0.15) is 6.07 Å². The molecule has 0 aliphatic heterocycles. The van der Waals surface area contributed by atoms with Crippen molar-refractivity contribution in [3.63, 3.8) is 0 Å². The van der Waals surface area contributed by atoms with Crippen molar-refractivity contribution >= 4 is 11.5 Å². The summed E-state index contributed by atoms with van der Waals surface area (Å²) in [6.07, 6.45) is 4.08. The van der Waals surface area contributed by atoms with Gasteiger partial charge in [0.15, 0.2) is 11.6 Å². The number of nitrogens with zero attached hydrogens (tertiary/aromatic N) is 4. The SMILES string of the molecule is Cc1cc(C)n(-c2nc(Nc3ccccc3)c(C#N)c3c2CCCC3)n1. The molecule has 0 saturated heterocycles. The van der Waals surface area contributed by atoms with Gasteiger partial charge in [-0.3, -0.25) is 0 Å². The molecule has 2 heterocycles. The average molecular weight is 343 g/mol. The number of hydrogen-bond acceptors (Lipinski definition) is 4. The van der Waals surface area contributed by atoms with Crippen molar-refractivity contribution in [1.29, 1.82) is 5.26 Å². The lowest BCUT2D eigenvalue weighted by Crippen LogP contribution is -2.16. The van der Waals surface area contributed by atoms with E-state index in [9.17, 15) is 5.26 Å². The summed E-state index contributed by atoms with van der Waals surface area (Å²) < 4.78 is 1.91. The van der Waals surface area contributed by atoms with E-state index in [1.807, 2.05) is 48.9 Å². The average Bonchev–Trinajstić information content (AvgIpc) is 3.00. The third kappa shape index (κ3) is 2.84. The molecule has 1 aromatic carbocycles. The number of hydrogen-bond donors (Lipinski definition) is 1. The minimum Gasteiger partial charge on any atom is -0.339 e. The molecule has 5 nitrogen and oxygen atoms in total. The summed E-state index contributed by atoms with van der Waals surface area (Å²) in [4.78, 5) is 4.86. The molecule has 26 heavy (non-hydrogen) atoms. The Morgan fingerprint density at radius 2 is 1.81 bits per heavy atom. The molecular formula is C21H21N5. The number of nitriles is 1. The zero-order valence-electron chi connectivity index (χ0n) is 15.1. The minimum absolute atomic E-state index is 0.613. The van der Waals surface area contributed by atoms with Crippen molar-refractivity contribution in [2.75, 3.05) is 5.32 Å². The highest BCUT2D eigenvalue weighted by Gasteiger charge is 2.24. The van der Waals surface area contributed by atoms with Crippen LogP contribution in [0.25, 0.3) is 5.82 Å². The van der Waals surface area contributed by atoms with Crippen LogP contribution < -0.4 is 5.32 Å². The summed E-state index contributed by atoms with van der Waals surface area (Å²) in [5.74, 6) is 1.46. The molecule has 0 spiro atoms. The second kappa shape index (κ2) is 6.64. The van der Waals surface area contributed by atoms with Gasteiger partial charge in [0, 0.05) is 16.9 Å². The molecule has 0 unspecified atom stereocenters. The summed E-state index contributed by atoms with van der Waals surface area (Å²) in [7, 11) is 0. The van der Waals surface area contributed by atoms with Gasteiger partial charge in [-0.1, -0.05) is 18.2 Å². The summed E-state index contributed by atoms with van der Waals surface area (Å²) in [6.45, 7) is 4.03. The van der Waals surface area contributed by atoms with E-state index in [4.69, 9.17) is 4.98 Å². The summed E-state index contributed by atoms with van der Waals surface area (Å²) in [5.41, 5.74) is 5.89. The number of para-hydroxylation sites is 1. The molecule has 4 rings (SSSR count). The second-order valence-corrected chi connectivity index (χ2v) is 6.76. The molecule has 0 atom stereocenters. The number of aryl methyl sites for hydroxylation is 2. The Bertz CT molecular complexity index is 995. The Balaban J connectivity index is 1.93. The van der Waals surface area contributed by atoms with Crippen molar-refractivity contribution in [2.24, 2.45) is 0 Å².